The van der Waals surface area contributed by atoms with Crippen LogP contribution in [0.3, 0.4) is 0 Å². The van der Waals surface area contributed by atoms with Crippen LogP contribution in [-0.2, 0) is 4.84 Å². The van der Waals surface area contributed by atoms with Crippen molar-refractivity contribution in [3.63, 3.8) is 0 Å². The third-order valence-corrected chi connectivity index (χ3v) is 2.64. The van der Waals surface area contributed by atoms with E-state index in [0.29, 0.717) is 11.1 Å². The van der Waals surface area contributed by atoms with Gasteiger partial charge in [-0.05, 0) is 19.1 Å². The average molecular weight is 357 g/mol. The van der Waals surface area contributed by atoms with E-state index < -0.39 is 5.97 Å². The largest absolute Gasteiger partial charge is 0.365 e. The summed E-state index contributed by atoms with van der Waals surface area (Å²) in [5.74, 6) is -0.864. The highest BCUT2D eigenvalue weighted by Crippen LogP contribution is 2.04. The topological polar surface area (TPSA) is 55.7 Å². The van der Waals surface area contributed by atoms with E-state index in [1.807, 2.05) is 47.6 Å². The number of carbonyl (C=O) groups excluding carboxylic acids is 2. The molecule has 0 saturated heterocycles. The summed E-state index contributed by atoms with van der Waals surface area (Å²) in [5, 5.41) is 3.59. The van der Waals surface area contributed by atoms with Crippen LogP contribution in [0.4, 0.5) is 0 Å². The zero-order valence-corrected chi connectivity index (χ0v) is 16.9. The molecule has 26 heavy (non-hydrogen) atoms. The fourth-order valence-corrected chi connectivity index (χ4v) is 1.58. The molecule has 0 atom stereocenters. The standard InChI is InChI=1S/C16H13NO3.3C2H6/c1-12(15(18)13-8-4-2-5-9-13)17-20-16(19)14-10-6-3-7-11-14;3*1-2/h2-11H,1H3;3*1-2H3. The molecule has 0 radical (unpaired) electrons. The van der Waals surface area contributed by atoms with Crippen molar-refractivity contribution in [1.29, 1.82) is 0 Å². The molecule has 2 aromatic rings. The molecule has 4 nitrogen and oxygen atoms in total. The van der Waals surface area contributed by atoms with Gasteiger partial charge in [-0.25, -0.2) is 4.79 Å². The first-order valence-electron chi connectivity index (χ1n) is 9.09. The zero-order valence-electron chi connectivity index (χ0n) is 16.9. The molecule has 0 aliphatic rings. The summed E-state index contributed by atoms with van der Waals surface area (Å²) in [4.78, 5) is 28.4. The Labute approximate surface area is 157 Å². The van der Waals surface area contributed by atoms with Gasteiger partial charge in [0.1, 0.15) is 5.71 Å². The van der Waals surface area contributed by atoms with Gasteiger partial charge in [0.15, 0.2) is 0 Å². The molecule has 0 fully saturated rings. The van der Waals surface area contributed by atoms with E-state index in [1.165, 1.54) is 6.92 Å². The van der Waals surface area contributed by atoms with Crippen molar-refractivity contribution in [1.82, 2.24) is 0 Å². The van der Waals surface area contributed by atoms with Gasteiger partial charge >= 0.3 is 5.97 Å². The molecule has 0 aromatic heterocycles. The Morgan fingerprint density at radius 3 is 1.50 bits per heavy atom. The molecule has 0 unspecified atom stereocenters. The molecular weight excluding hydrogens is 326 g/mol. The van der Waals surface area contributed by atoms with Crippen molar-refractivity contribution in [3.05, 3.63) is 71.8 Å². The van der Waals surface area contributed by atoms with Crippen LogP contribution in [0.1, 0.15) is 69.2 Å². The number of hydrogen-bond donors (Lipinski definition) is 0. The molecule has 4 heteroatoms. The van der Waals surface area contributed by atoms with Crippen LogP contribution in [0.5, 0.6) is 0 Å². The second kappa shape index (κ2) is 17.1. The molecule has 0 amide bonds. The lowest BCUT2D eigenvalue weighted by Gasteiger charge is -2.01. The van der Waals surface area contributed by atoms with E-state index in [0.717, 1.165) is 0 Å². The quantitative estimate of drug-likeness (QED) is 0.284. The van der Waals surface area contributed by atoms with E-state index in [2.05, 4.69) is 5.16 Å². The first kappa shape index (κ1) is 25.5. The Bertz CT molecular complexity index is 635. The molecule has 0 N–H and O–H groups in total. The number of Topliss-reactive ketones (excluding diaryl/α,β-unsaturated/α-hetero) is 1. The third kappa shape index (κ3) is 9.52. The number of nitrogens with zero attached hydrogens (tertiary/aromatic N) is 1. The lowest BCUT2D eigenvalue weighted by Crippen LogP contribution is -2.12. The first-order valence-corrected chi connectivity index (χ1v) is 9.09. The highest BCUT2D eigenvalue weighted by molar-refractivity contribution is 6.45. The highest BCUT2D eigenvalue weighted by Gasteiger charge is 2.11. The minimum absolute atomic E-state index is 0.125. The van der Waals surface area contributed by atoms with Crippen LogP contribution < -0.4 is 0 Å². The summed E-state index contributed by atoms with van der Waals surface area (Å²) in [5.41, 5.74) is 1.02. The van der Waals surface area contributed by atoms with Crippen LogP contribution in [0.15, 0.2) is 65.8 Å². The number of carbonyl (C=O) groups is 2. The minimum Gasteiger partial charge on any atom is -0.312 e. The normalized spacial score (nSPS) is 9.12. The number of oxime groups is 1. The number of ketones is 1. The predicted molar refractivity (Wildman–Crippen MR) is 110 cm³/mol. The SMILES string of the molecule is CC.CC.CC.CC(=NOC(=O)c1ccccc1)C(=O)c1ccccc1. The molecule has 0 aliphatic heterocycles. The van der Waals surface area contributed by atoms with Crippen LogP contribution >= 0.6 is 0 Å². The Morgan fingerprint density at radius 2 is 1.08 bits per heavy atom. The van der Waals surface area contributed by atoms with Gasteiger partial charge in [-0.3, -0.25) is 4.79 Å². The van der Waals surface area contributed by atoms with E-state index in [4.69, 9.17) is 4.84 Å². The maximum Gasteiger partial charge on any atom is 0.365 e. The van der Waals surface area contributed by atoms with Crippen molar-refractivity contribution in [2.45, 2.75) is 48.5 Å². The summed E-state index contributed by atoms with van der Waals surface area (Å²) in [6.07, 6.45) is 0. The van der Waals surface area contributed by atoms with Crippen molar-refractivity contribution in [2.75, 3.05) is 0 Å². The molecule has 0 aliphatic carbocycles. The molecule has 0 bridgehead atoms. The zero-order chi connectivity index (χ0) is 20.4. The van der Waals surface area contributed by atoms with E-state index in [9.17, 15) is 9.59 Å². The second-order valence-corrected chi connectivity index (χ2v) is 4.12. The lowest BCUT2D eigenvalue weighted by molar-refractivity contribution is 0.0515. The van der Waals surface area contributed by atoms with Gasteiger partial charge in [-0.2, -0.15) is 0 Å². The van der Waals surface area contributed by atoms with Crippen molar-refractivity contribution < 1.29 is 14.4 Å². The maximum atomic E-state index is 12.0. The highest BCUT2D eigenvalue weighted by atomic mass is 16.7. The Morgan fingerprint density at radius 1 is 0.692 bits per heavy atom. The average Bonchev–Trinajstić information content (AvgIpc) is 2.76. The van der Waals surface area contributed by atoms with Crippen LogP contribution in [0.25, 0.3) is 0 Å². The number of hydrogen-bond acceptors (Lipinski definition) is 4. The van der Waals surface area contributed by atoms with Crippen molar-refractivity contribution >= 4 is 17.5 Å². The monoisotopic (exact) mass is 357 g/mol. The van der Waals surface area contributed by atoms with Crippen molar-refractivity contribution in [2.24, 2.45) is 5.16 Å². The minimum atomic E-state index is -0.592. The Kier molecular flexibility index (Phi) is 16.8. The molecule has 0 spiro atoms. The van der Waals surface area contributed by atoms with Crippen LogP contribution in [0, 0.1) is 0 Å². The van der Waals surface area contributed by atoms with E-state index in [-0.39, 0.29) is 11.5 Å². The van der Waals surface area contributed by atoms with Gasteiger partial charge < -0.3 is 4.84 Å². The summed E-state index contributed by atoms with van der Waals surface area (Å²) in [7, 11) is 0. The molecule has 0 heterocycles. The molecule has 142 valence electrons. The van der Waals surface area contributed by atoms with Crippen LogP contribution in [-0.4, -0.2) is 17.5 Å². The Balaban J connectivity index is 0. The Hall–Kier alpha value is -2.75. The van der Waals surface area contributed by atoms with Gasteiger partial charge in [0.05, 0.1) is 5.56 Å². The van der Waals surface area contributed by atoms with E-state index >= 15 is 0 Å². The summed E-state index contributed by atoms with van der Waals surface area (Å²) < 4.78 is 0. The smallest absolute Gasteiger partial charge is 0.312 e. The van der Waals surface area contributed by atoms with E-state index in [1.54, 1.807) is 54.6 Å². The van der Waals surface area contributed by atoms with Crippen molar-refractivity contribution in [3.8, 4) is 0 Å². The predicted octanol–water partition coefficient (Wildman–Crippen LogP) is 6.18. The molecular formula is C22H31NO3. The van der Waals surface area contributed by atoms with Gasteiger partial charge in [0.25, 0.3) is 0 Å². The molecule has 2 rings (SSSR count). The van der Waals surface area contributed by atoms with Gasteiger partial charge in [-0.15, -0.1) is 0 Å². The number of rotatable bonds is 4. The van der Waals surface area contributed by atoms with Gasteiger partial charge in [0, 0.05) is 5.56 Å². The molecule has 2 aromatic carbocycles. The fourth-order valence-electron chi connectivity index (χ4n) is 1.58. The van der Waals surface area contributed by atoms with Gasteiger partial charge in [0.2, 0.25) is 5.78 Å². The molecule has 0 saturated carbocycles. The summed E-state index contributed by atoms with van der Waals surface area (Å²) in [6, 6.07) is 17.2. The first-order chi connectivity index (χ1) is 12.7. The summed E-state index contributed by atoms with van der Waals surface area (Å²) >= 11 is 0. The lowest BCUT2D eigenvalue weighted by atomic mass is 10.1. The van der Waals surface area contributed by atoms with Crippen LogP contribution in [0.2, 0.25) is 0 Å². The number of benzene rings is 2. The maximum absolute atomic E-state index is 12.0. The summed E-state index contributed by atoms with van der Waals surface area (Å²) in [6.45, 7) is 13.5. The van der Waals surface area contributed by atoms with Gasteiger partial charge in [-0.1, -0.05) is 95.2 Å². The fraction of sp³-hybridized carbons (Fsp3) is 0.318. The second-order valence-electron chi connectivity index (χ2n) is 4.12. The third-order valence-electron chi connectivity index (χ3n) is 2.64.